The van der Waals surface area contributed by atoms with Gasteiger partial charge < -0.3 is 29.0 Å². The number of nitrogens with zero attached hydrogens (tertiary/aromatic N) is 2. The van der Waals surface area contributed by atoms with Crippen LogP contribution in [-0.2, 0) is 7.05 Å². The van der Waals surface area contributed by atoms with E-state index in [-0.39, 0.29) is 22.7 Å². The Kier molecular flexibility index (Phi) is 6.29. The van der Waals surface area contributed by atoms with Crippen LogP contribution < -0.4 is 25.1 Å². The van der Waals surface area contributed by atoms with Crippen molar-refractivity contribution in [1.82, 2.24) is 9.47 Å². The van der Waals surface area contributed by atoms with Crippen LogP contribution in [0, 0.1) is 0 Å². The van der Waals surface area contributed by atoms with Crippen LogP contribution in [0.15, 0.2) is 29.2 Å². The van der Waals surface area contributed by atoms with Crippen LogP contribution in [0.4, 0.5) is 5.69 Å². The topological polar surface area (TPSA) is 99.1 Å². The van der Waals surface area contributed by atoms with Crippen molar-refractivity contribution in [2.75, 3.05) is 40.7 Å². The summed E-state index contributed by atoms with van der Waals surface area (Å²) in [6.45, 7) is 0. The second kappa shape index (κ2) is 8.47. The van der Waals surface area contributed by atoms with Crippen LogP contribution in [0.1, 0.15) is 20.7 Å². The number of methoxy groups -OCH3 is 3. The van der Waals surface area contributed by atoms with Gasteiger partial charge in [-0.1, -0.05) is 0 Å². The number of amides is 2. The Balaban J connectivity index is 2.45. The van der Waals surface area contributed by atoms with Crippen LogP contribution in [0.3, 0.4) is 0 Å². The first-order chi connectivity index (χ1) is 13.2. The van der Waals surface area contributed by atoms with E-state index >= 15 is 0 Å². The zero-order valence-corrected chi connectivity index (χ0v) is 16.7. The molecule has 0 fully saturated rings. The molecule has 0 radical (unpaired) electrons. The molecule has 9 nitrogen and oxygen atoms in total. The highest BCUT2D eigenvalue weighted by Gasteiger charge is 2.19. The van der Waals surface area contributed by atoms with Gasteiger partial charge in [0.05, 0.1) is 26.9 Å². The molecule has 0 aliphatic heterocycles. The van der Waals surface area contributed by atoms with Gasteiger partial charge in [0.1, 0.15) is 5.69 Å². The van der Waals surface area contributed by atoms with Crippen molar-refractivity contribution < 1.29 is 23.8 Å². The summed E-state index contributed by atoms with van der Waals surface area (Å²) in [4.78, 5) is 38.7. The molecule has 150 valence electrons. The average Bonchev–Trinajstić information content (AvgIpc) is 2.68. The van der Waals surface area contributed by atoms with Gasteiger partial charge in [-0.15, -0.1) is 0 Å². The van der Waals surface area contributed by atoms with E-state index < -0.39 is 11.5 Å². The molecule has 2 rings (SSSR count). The molecule has 1 aromatic carbocycles. The van der Waals surface area contributed by atoms with Crippen molar-refractivity contribution in [3.05, 3.63) is 45.9 Å². The number of aryl methyl sites for hydroxylation is 1. The van der Waals surface area contributed by atoms with Crippen LogP contribution >= 0.6 is 0 Å². The molecule has 0 atom stereocenters. The second-order valence-electron chi connectivity index (χ2n) is 6.13. The molecule has 9 heteroatoms. The molecule has 0 spiro atoms. The standard InChI is InChI=1S/C19H23N3O6/c1-21(2)18(24)12-7-13(19(25)22(3)10-12)20-17(23)11-8-14(26-4)16(28-6)15(9-11)27-5/h7-10H,1-6H3,(H,20,23). The average molecular weight is 389 g/mol. The summed E-state index contributed by atoms with van der Waals surface area (Å²) in [6.07, 6.45) is 1.42. The lowest BCUT2D eigenvalue weighted by Crippen LogP contribution is -2.28. The second-order valence-corrected chi connectivity index (χ2v) is 6.13. The lowest BCUT2D eigenvalue weighted by molar-refractivity contribution is 0.0826. The van der Waals surface area contributed by atoms with Gasteiger partial charge in [0.25, 0.3) is 17.4 Å². The quantitative estimate of drug-likeness (QED) is 0.801. The summed E-state index contributed by atoms with van der Waals surface area (Å²) in [5.74, 6) is 0.0913. The molecule has 0 saturated heterocycles. The van der Waals surface area contributed by atoms with E-state index in [4.69, 9.17) is 14.2 Å². The predicted molar refractivity (Wildman–Crippen MR) is 104 cm³/mol. The van der Waals surface area contributed by atoms with Crippen molar-refractivity contribution in [2.24, 2.45) is 7.05 Å². The summed E-state index contributed by atoms with van der Waals surface area (Å²) in [6, 6.07) is 4.28. The zero-order valence-electron chi connectivity index (χ0n) is 16.7. The van der Waals surface area contributed by atoms with Gasteiger partial charge in [-0.2, -0.15) is 0 Å². The maximum atomic E-state index is 12.7. The van der Waals surface area contributed by atoms with Gasteiger partial charge in [0.2, 0.25) is 5.75 Å². The van der Waals surface area contributed by atoms with Crippen molar-refractivity contribution in [1.29, 1.82) is 0 Å². The number of aromatic nitrogens is 1. The number of pyridine rings is 1. The summed E-state index contributed by atoms with van der Waals surface area (Å²) >= 11 is 0. The Morgan fingerprint density at radius 3 is 2.00 bits per heavy atom. The van der Waals surface area contributed by atoms with Gasteiger partial charge in [0, 0.05) is 32.9 Å². The Labute approximate surface area is 162 Å². The third kappa shape index (κ3) is 4.08. The minimum atomic E-state index is -0.564. The molecule has 2 aromatic rings. The summed E-state index contributed by atoms with van der Waals surface area (Å²) in [5.41, 5.74) is -0.00164. The molecule has 0 unspecified atom stereocenters. The Morgan fingerprint density at radius 1 is 0.964 bits per heavy atom. The lowest BCUT2D eigenvalue weighted by atomic mass is 10.1. The molecular formula is C19H23N3O6. The first-order valence-electron chi connectivity index (χ1n) is 8.27. The molecule has 0 aliphatic carbocycles. The van der Waals surface area contributed by atoms with E-state index in [0.717, 1.165) is 0 Å². The first-order valence-corrected chi connectivity index (χ1v) is 8.27. The lowest BCUT2D eigenvalue weighted by Gasteiger charge is -2.15. The van der Waals surface area contributed by atoms with E-state index in [2.05, 4.69) is 5.32 Å². The maximum Gasteiger partial charge on any atom is 0.274 e. The number of hydrogen-bond acceptors (Lipinski definition) is 6. The minimum Gasteiger partial charge on any atom is -0.493 e. The van der Waals surface area contributed by atoms with Crippen LogP contribution in [0.2, 0.25) is 0 Å². The molecule has 0 aliphatic rings. The number of benzene rings is 1. The molecule has 0 saturated carbocycles. The third-order valence-corrected chi connectivity index (χ3v) is 4.01. The van der Waals surface area contributed by atoms with E-state index in [0.29, 0.717) is 17.2 Å². The fourth-order valence-electron chi connectivity index (χ4n) is 2.58. The zero-order chi connectivity index (χ0) is 21.0. The van der Waals surface area contributed by atoms with Gasteiger partial charge in [-0.05, 0) is 18.2 Å². The smallest absolute Gasteiger partial charge is 0.274 e. The predicted octanol–water partition coefficient (Wildman–Crippen LogP) is 1.37. The number of carbonyl (C=O) groups is 2. The monoisotopic (exact) mass is 389 g/mol. The Morgan fingerprint density at radius 2 is 1.54 bits per heavy atom. The highest BCUT2D eigenvalue weighted by atomic mass is 16.5. The van der Waals surface area contributed by atoms with Gasteiger partial charge >= 0.3 is 0 Å². The minimum absolute atomic E-state index is 0.0195. The molecule has 1 N–H and O–H groups in total. The number of rotatable bonds is 6. The van der Waals surface area contributed by atoms with Gasteiger partial charge in [-0.3, -0.25) is 14.4 Å². The van der Waals surface area contributed by atoms with Crippen molar-refractivity contribution in [3.63, 3.8) is 0 Å². The number of anilines is 1. The maximum absolute atomic E-state index is 12.7. The van der Waals surface area contributed by atoms with Crippen LogP contribution in [-0.4, -0.2) is 56.7 Å². The molecular weight excluding hydrogens is 366 g/mol. The van der Waals surface area contributed by atoms with Crippen molar-refractivity contribution >= 4 is 17.5 Å². The summed E-state index contributed by atoms with van der Waals surface area (Å²) < 4.78 is 16.9. The van der Waals surface area contributed by atoms with E-state index in [1.807, 2.05) is 0 Å². The van der Waals surface area contributed by atoms with E-state index in [9.17, 15) is 14.4 Å². The largest absolute Gasteiger partial charge is 0.493 e. The van der Waals surface area contributed by atoms with E-state index in [1.54, 1.807) is 14.1 Å². The number of nitrogens with one attached hydrogen (secondary N) is 1. The Bertz CT molecular complexity index is 940. The molecule has 1 heterocycles. The summed E-state index contributed by atoms with van der Waals surface area (Å²) in [5, 5.41) is 2.55. The highest BCUT2D eigenvalue weighted by molar-refractivity contribution is 6.05. The van der Waals surface area contributed by atoms with Gasteiger partial charge in [0.15, 0.2) is 11.5 Å². The first kappa shape index (κ1) is 20.8. The SMILES string of the molecule is COc1cc(C(=O)Nc2cc(C(=O)N(C)C)cn(C)c2=O)cc(OC)c1OC. The molecule has 0 bridgehead atoms. The van der Waals surface area contributed by atoms with Crippen LogP contribution in [0.25, 0.3) is 0 Å². The third-order valence-electron chi connectivity index (χ3n) is 4.01. The van der Waals surface area contributed by atoms with Crippen molar-refractivity contribution in [2.45, 2.75) is 0 Å². The van der Waals surface area contributed by atoms with Gasteiger partial charge in [-0.25, -0.2) is 0 Å². The summed E-state index contributed by atoms with van der Waals surface area (Å²) in [7, 11) is 9.03. The van der Waals surface area contributed by atoms with E-state index in [1.165, 1.54) is 62.2 Å². The molecule has 1 aromatic heterocycles. The molecule has 2 amide bonds. The van der Waals surface area contributed by atoms with Crippen molar-refractivity contribution in [3.8, 4) is 17.2 Å². The number of hydrogen-bond donors (Lipinski definition) is 1. The fraction of sp³-hybridized carbons (Fsp3) is 0.316. The number of ether oxygens (including phenoxy) is 3. The normalized spacial score (nSPS) is 10.2. The fourth-order valence-corrected chi connectivity index (χ4v) is 2.58. The Hall–Kier alpha value is -3.49. The number of carbonyl (C=O) groups excluding carboxylic acids is 2. The van der Waals surface area contributed by atoms with Crippen LogP contribution in [0.5, 0.6) is 17.2 Å². The molecule has 28 heavy (non-hydrogen) atoms. The highest BCUT2D eigenvalue weighted by Crippen LogP contribution is 2.38.